The number of halogens is 3. The van der Waals surface area contributed by atoms with Crippen LogP contribution in [0.5, 0.6) is 0 Å². The Morgan fingerprint density at radius 2 is 1.83 bits per heavy atom. The highest BCUT2D eigenvalue weighted by Crippen LogP contribution is 2.41. The molecule has 36 heavy (non-hydrogen) atoms. The van der Waals surface area contributed by atoms with Gasteiger partial charge in [-0.15, -0.1) is 0 Å². The maximum atomic E-state index is 13.0. The van der Waals surface area contributed by atoms with Crippen LogP contribution >= 0.6 is 0 Å². The Bertz CT molecular complexity index is 1250. The average Bonchev–Trinajstić information content (AvgIpc) is 2.78. The number of nitrogens with one attached hydrogen (secondary N) is 2. The summed E-state index contributed by atoms with van der Waals surface area (Å²) in [5, 5.41) is 15.7. The van der Waals surface area contributed by atoms with Crippen LogP contribution in [0, 0.1) is 18.3 Å². The van der Waals surface area contributed by atoms with Crippen LogP contribution in [-0.4, -0.2) is 32.1 Å². The predicted octanol–water partition coefficient (Wildman–Crippen LogP) is 6.30. The predicted molar refractivity (Wildman–Crippen MR) is 131 cm³/mol. The lowest BCUT2D eigenvalue weighted by atomic mass is 9.67. The van der Waals surface area contributed by atoms with Crippen LogP contribution in [0.1, 0.15) is 44.2 Å². The van der Waals surface area contributed by atoms with E-state index in [0.29, 0.717) is 23.8 Å². The van der Waals surface area contributed by atoms with Gasteiger partial charge in [0.05, 0.1) is 17.2 Å². The first kappa shape index (κ1) is 25.4. The Morgan fingerprint density at radius 3 is 2.47 bits per heavy atom. The maximum Gasteiger partial charge on any atom is 0.416 e. The van der Waals surface area contributed by atoms with Crippen molar-refractivity contribution in [2.45, 2.75) is 52.3 Å². The number of anilines is 3. The van der Waals surface area contributed by atoms with Gasteiger partial charge in [-0.2, -0.15) is 13.2 Å². The van der Waals surface area contributed by atoms with Crippen molar-refractivity contribution in [2.75, 3.05) is 10.6 Å². The summed E-state index contributed by atoms with van der Waals surface area (Å²) in [6.07, 6.45) is 0.420. The van der Waals surface area contributed by atoms with Gasteiger partial charge >= 0.3 is 12.1 Å². The molecule has 7 nitrogen and oxygen atoms in total. The summed E-state index contributed by atoms with van der Waals surface area (Å²) in [5.74, 6) is 0.00697. The van der Waals surface area contributed by atoms with Crippen molar-refractivity contribution >= 4 is 23.4 Å². The minimum Gasteiger partial charge on any atom is -0.481 e. The normalized spacial score (nSPS) is 19.5. The maximum absolute atomic E-state index is 13.0. The molecule has 0 amide bonds. The summed E-state index contributed by atoms with van der Waals surface area (Å²) in [7, 11) is 0. The van der Waals surface area contributed by atoms with Crippen molar-refractivity contribution in [1.29, 1.82) is 0 Å². The third-order valence-electron chi connectivity index (χ3n) is 6.54. The smallest absolute Gasteiger partial charge is 0.416 e. The lowest BCUT2D eigenvalue weighted by molar-refractivity contribution is -0.147. The molecule has 0 bridgehead atoms. The number of aliphatic carboxylic acids is 1. The molecule has 1 fully saturated rings. The zero-order chi connectivity index (χ0) is 26.1. The molecule has 3 aromatic heterocycles. The van der Waals surface area contributed by atoms with Gasteiger partial charge in [0.15, 0.2) is 0 Å². The van der Waals surface area contributed by atoms with Gasteiger partial charge in [0.1, 0.15) is 17.5 Å². The lowest BCUT2D eigenvalue weighted by Crippen LogP contribution is -2.41. The Hall–Kier alpha value is -3.69. The van der Waals surface area contributed by atoms with Crippen LogP contribution in [0.15, 0.2) is 48.8 Å². The number of rotatable bonds is 6. The molecule has 1 saturated carbocycles. The van der Waals surface area contributed by atoms with Gasteiger partial charge in [0, 0.05) is 24.0 Å². The second kappa shape index (κ2) is 9.75. The Morgan fingerprint density at radius 1 is 1.06 bits per heavy atom. The first-order chi connectivity index (χ1) is 16.9. The number of nitrogens with zero attached hydrogens (tertiary/aromatic N) is 3. The second-order valence-corrected chi connectivity index (χ2v) is 9.90. The summed E-state index contributed by atoms with van der Waals surface area (Å²) in [5.41, 5.74) is 1.13. The van der Waals surface area contributed by atoms with Crippen molar-refractivity contribution in [3.63, 3.8) is 0 Å². The highest BCUT2D eigenvalue weighted by atomic mass is 19.4. The van der Waals surface area contributed by atoms with E-state index in [2.05, 4.69) is 25.6 Å². The summed E-state index contributed by atoms with van der Waals surface area (Å²) < 4.78 is 39.1. The molecule has 3 aromatic rings. The lowest BCUT2D eigenvalue weighted by Gasteiger charge is -2.40. The van der Waals surface area contributed by atoms with Gasteiger partial charge in [0.25, 0.3) is 0 Å². The molecular formula is C26H28F3N5O2. The number of carboxylic acids is 1. The number of aromatic nitrogens is 3. The zero-order valence-corrected chi connectivity index (χ0v) is 20.2. The van der Waals surface area contributed by atoms with Gasteiger partial charge < -0.3 is 15.7 Å². The summed E-state index contributed by atoms with van der Waals surface area (Å²) in [6, 6.07) is 9.29. The van der Waals surface area contributed by atoms with Crippen LogP contribution in [0.4, 0.5) is 30.6 Å². The number of hydrogen-bond donors (Lipinski definition) is 3. The summed E-state index contributed by atoms with van der Waals surface area (Å²) >= 11 is 0. The van der Waals surface area contributed by atoms with E-state index >= 15 is 0 Å². The van der Waals surface area contributed by atoms with Crippen molar-refractivity contribution in [1.82, 2.24) is 15.0 Å². The number of carboxylic acid groups (broad SMARTS) is 1. The van der Waals surface area contributed by atoms with Crippen molar-refractivity contribution in [2.24, 2.45) is 11.3 Å². The monoisotopic (exact) mass is 499 g/mol. The van der Waals surface area contributed by atoms with E-state index in [-0.39, 0.29) is 23.2 Å². The molecule has 0 radical (unpaired) electrons. The topological polar surface area (TPSA) is 100 Å². The quantitative estimate of drug-likeness (QED) is 0.366. The SMILES string of the molecule is Cc1cc(Nc2cc(C(F)(F)F)ccn2)nc(-c2ccc(NC3CCC(C(=O)O)C(C)(C)C3)nc2)c1. The highest BCUT2D eigenvalue weighted by Gasteiger charge is 2.41. The number of pyridine rings is 3. The highest BCUT2D eigenvalue weighted by molar-refractivity contribution is 5.71. The molecule has 0 spiro atoms. The summed E-state index contributed by atoms with van der Waals surface area (Å²) in [4.78, 5) is 24.5. The average molecular weight is 500 g/mol. The van der Waals surface area contributed by atoms with Crippen LogP contribution in [0.2, 0.25) is 0 Å². The molecule has 10 heteroatoms. The standard InChI is InChI=1S/C26H28F3N5O2/c1-15-10-20(33-23(11-15)34-22-12-17(8-9-30-22)26(27,28)29)16-4-7-21(31-14-16)32-18-5-6-19(24(35)36)25(2,3)13-18/h4,7-12,14,18-19H,5-6,13H2,1-3H3,(H,31,32)(H,35,36)(H,30,33,34). The number of carbonyl (C=O) groups is 1. The third kappa shape index (κ3) is 5.92. The van der Waals surface area contributed by atoms with Gasteiger partial charge in [-0.25, -0.2) is 15.0 Å². The van der Waals surface area contributed by atoms with E-state index in [4.69, 9.17) is 0 Å². The fourth-order valence-corrected chi connectivity index (χ4v) is 4.74. The molecular weight excluding hydrogens is 471 g/mol. The van der Waals surface area contributed by atoms with E-state index in [1.54, 1.807) is 12.3 Å². The zero-order valence-electron chi connectivity index (χ0n) is 20.2. The van der Waals surface area contributed by atoms with E-state index < -0.39 is 17.7 Å². The molecule has 1 aliphatic rings. The van der Waals surface area contributed by atoms with E-state index in [9.17, 15) is 23.1 Å². The third-order valence-corrected chi connectivity index (χ3v) is 6.54. The molecule has 190 valence electrons. The van der Waals surface area contributed by atoms with Crippen LogP contribution < -0.4 is 10.6 Å². The Balaban J connectivity index is 1.47. The minimum absolute atomic E-state index is 0.0482. The number of hydrogen-bond acceptors (Lipinski definition) is 6. The molecule has 0 saturated heterocycles. The Labute approximate surface area is 207 Å². The molecule has 2 atom stereocenters. The van der Waals surface area contributed by atoms with Crippen LogP contribution in [0.3, 0.4) is 0 Å². The molecule has 0 aromatic carbocycles. The van der Waals surface area contributed by atoms with E-state index in [0.717, 1.165) is 42.3 Å². The largest absolute Gasteiger partial charge is 0.481 e. The summed E-state index contributed by atoms with van der Waals surface area (Å²) in [6.45, 7) is 5.84. The molecule has 3 N–H and O–H groups in total. The molecule has 0 aliphatic heterocycles. The molecule has 2 unspecified atom stereocenters. The molecule has 4 rings (SSSR count). The number of alkyl halides is 3. The van der Waals surface area contributed by atoms with E-state index in [1.165, 1.54) is 0 Å². The van der Waals surface area contributed by atoms with Crippen molar-refractivity contribution in [3.8, 4) is 11.3 Å². The first-order valence-corrected chi connectivity index (χ1v) is 11.7. The van der Waals surface area contributed by atoms with Crippen molar-refractivity contribution < 1.29 is 23.1 Å². The van der Waals surface area contributed by atoms with Crippen LogP contribution in [-0.2, 0) is 11.0 Å². The van der Waals surface area contributed by atoms with Gasteiger partial charge in [0.2, 0.25) is 0 Å². The van der Waals surface area contributed by atoms with E-state index in [1.807, 2.05) is 39.0 Å². The fraction of sp³-hybridized carbons (Fsp3) is 0.385. The second-order valence-electron chi connectivity index (χ2n) is 9.90. The van der Waals surface area contributed by atoms with Gasteiger partial charge in [-0.05, 0) is 73.6 Å². The Kier molecular flexibility index (Phi) is 6.88. The number of aryl methyl sites for hydroxylation is 1. The first-order valence-electron chi connectivity index (χ1n) is 11.7. The van der Waals surface area contributed by atoms with Crippen LogP contribution in [0.25, 0.3) is 11.3 Å². The van der Waals surface area contributed by atoms with Crippen molar-refractivity contribution in [3.05, 3.63) is 59.9 Å². The molecule has 3 heterocycles. The fourth-order valence-electron chi connectivity index (χ4n) is 4.74. The minimum atomic E-state index is -4.46. The van der Waals surface area contributed by atoms with Gasteiger partial charge in [-0.3, -0.25) is 4.79 Å². The molecule has 1 aliphatic carbocycles. The van der Waals surface area contributed by atoms with Gasteiger partial charge in [-0.1, -0.05) is 13.8 Å².